The second-order valence-corrected chi connectivity index (χ2v) is 5.49. The smallest absolute Gasteiger partial charge is 0.321 e. The fourth-order valence-electron chi connectivity index (χ4n) is 2.09. The highest BCUT2D eigenvalue weighted by atomic mass is 16.5. The summed E-state index contributed by atoms with van der Waals surface area (Å²) in [6.45, 7) is 3.58. The number of hydrogen-bond acceptors (Lipinski definition) is 4. The maximum Gasteiger partial charge on any atom is 0.321 e. The molecule has 0 aliphatic carbocycles. The molecule has 3 amide bonds. The molecule has 2 aromatic rings. The molecule has 0 aromatic heterocycles. The Kier molecular flexibility index (Phi) is 6.01. The van der Waals surface area contributed by atoms with E-state index in [1.54, 1.807) is 13.2 Å². The van der Waals surface area contributed by atoms with Gasteiger partial charge >= 0.3 is 6.03 Å². The van der Waals surface area contributed by atoms with Crippen LogP contribution in [-0.2, 0) is 4.79 Å². The second-order valence-electron chi connectivity index (χ2n) is 5.49. The van der Waals surface area contributed by atoms with Gasteiger partial charge in [-0.15, -0.1) is 0 Å². The number of methoxy groups -OCH3 is 1. The van der Waals surface area contributed by atoms with Gasteiger partial charge in [-0.3, -0.25) is 10.1 Å². The largest absolute Gasteiger partial charge is 0.497 e. The van der Waals surface area contributed by atoms with Crippen LogP contribution in [0.15, 0.2) is 36.4 Å². The topological polar surface area (TPSA) is 76.7 Å². The molecule has 0 unspecified atom stereocenters. The van der Waals surface area contributed by atoms with Crippen molar-refractivity contribution in [3.63, 3.8) is 0 Å². The Hall–Kier alpha value is -2.76. The molecule has 0 spiro atoms. The molecule has 128 valence electrons. The van der Waals surface area contributed by atoms with E-state index in [0.29, 0.717) is 5.75 Å². The molecule has 2 rings (SSSR count). The van der Waals surface area contributed by atoms with Gasteiger partial charge in [-0.2, -0.15) is 0 Å². The molecule has 0 aliphatic heterocycles. The van der Waals surface area contributed by atoms with Crippen LogP contribution in [0.5, 0.6) is 11.5 Å². The number of ether oxygens (including phenoxy) is 2. The summed E-state index contributed by atoms with van der Waals surface area (Å²) in [5.74, 6) is 0.800. The first kappa shape index (κ1) is 17.6. The van der Waals surface area contributed by atoms with Gasteiger partial charge in [-0.1, -0.05) is 19.1 Å². The Morgan fingerprint density at radius 3 is 2.42 bits per heavy atom. The summed E-state index contributed by atoms with van der Waals surface area (Å²) in [7, 11) is 1.61. The lowest BCUT2D eigenvalue weighted by Gasteiger charge is -2.12. The molecule has 24 heavy (non-hydrogen) atoms. The van der Waals surface area contributed by atoms with Gasteiger partial charge in [-0.25, -0.2) is 4.79 Å². The predicted molar refractivity (Wildman–Crippen MR) is 92.4 cm³/mol. The standard InChI is InChI=1S/C18H22N2O4/c1-4-12(2)19-18(22)20-17(21)11-24-16-8-6-13-5-7-15(23-3)9-14(13)10-16/h5-10,12H,4,11H2,1-3H3,(H2,19,20,21,22)/t12-/m1/s1. The Morgan fingerprint density at radius 1 is 1.08 bits per heavy atom. The molecule has 0 radical (unpaired) electrons. The summed E-state index contributed by atoms with van der Waals surface area (Å²) in [6.07, 6.45) is 0.790. The normalized spacial score (nSPS) is 11.6. The van der Waals surface area contributed by atoms with Crippen molar-refractivity contribution in [3.8, 4) is 11.5 Å². The first-order valence-corrected chi connectivity index (χ1v) is 7.82. The molecule has 6 heteroatoms. The molecule has 0 heterocycles. The molecule has 6 nitrogen and oxygen atoms in total. The highest BCUT2D eigenvalue weighted by Gasteiger charge is 2.10. The Morgan fingerprint density at radius 2 is 1.75 bits per heavy atom. The van der Waals surface area contributed by atoms with Crippen LogP contribution in [0.4, 0.5) is 4.79 Å². The third kappa shape index (κ3) is 4.87. The summed E-state index contributed by atoms with van der Waals surface area (Å²) < 4.78 is 10.6. The number of hydrogen-bond donors (Lipinski definition) is 2. The fraction of sp³-hybridized carbons (Fsp3) is 0.333. The molecular weight excluding hydrogens is 308 g/mol. The van der Waals surface area contributed by atoms with Crippen LogP contribution in [0.3, 0.4) is 0 Å². The molecule has 0 bridgehead atoms. The van der Waals surface area contributed by atoms with E-state index in [0.717, 1.165) is 22.9 Å². The zero-order valence-electron chi connectivity index (χ0n) is 14.1. The lowest BCUT2D eigenvalue weighted by Crippen LogP contribution is -2.44. The molecule has 2 N–H and O–H groups in total. The number of benzene rings is 2. The van der Waals surface area contributed by atoms with Gasteiger partial charge in [0.05, 0.1) is 7.11 Å². The minimum absolute atomic E-state index is 0.00851. The van der Waals surface area contributed by atoms with Gasteiger partial charge in [0.15, 0.2) is 6.61 Å². The van der Waals surface area contributed by atoms with Crippen LogP contribution >= 0.6 is 0 Å². The van der Waals surface area contributed by atoms with Crippen LogP contribution in [0.2, 0.25) is 0 Å². The lowest BCUT2D eigenvalue weighted by molar-refractivity contribution is -0.122. The van der Waals surface area contributed by atoms with Crippen LogP contribution in [0, 0.1) is 0 Å². The monoisotopic (exact) mass is 330 g/mol. The SMILES string of the molecule is CC[C@@H](C)NC(=O)NC(=O)COc1ccc2ccc(OC)cc2c1. The van der Waals surface area contributed by atoms with E-state index in [4.69, 9.17) is 9.47 Å². The van der Waals surface area contributed by atoms with Crippen molar-refractivity contribution in [2.45, 2.75) is 26.3 Å². The van der Waals surface area contributed by atoms with Crippen molar-refractivity contribution in [1.82, 2.24) is 10.6 Å². The van der Waals surface area contributed by atoms with E-state index in [9.17, 15) is 9.59 Å². The van der Waals surface area contributed by atoms with Gasteiger partial charge in [-0.05, 0) is 48.4 Å². The summed E-state index contributed by atoms with van der Waals surface area (Å²) >= 11 is 0. The van der Waals surface area contributed by atoms with Crippen molar-refractivity contribution >= 4 is 22.7 Å². The third-order valence-electron chi connectivity index (χ3n) is 3.63. The molecule has 1 atom stereocenters. The Labute approximate surface area is 141 Å². The summed E-state index contributed by atoms with van der Waals surface area (Å²) in [5.41, 5.74) is 0. The van der Waals surface area contributed by atoms with Gasteiger partial charge in [0, 0.05) is 6.04 Å². The van der Waals surface area contributed by atoms with E-state index in [1.807, 2.05) is 44.2 Å². The number of nitrogens with one attached hydrogen (secondary N) is 2. The van der Waals surface area contributed by atoms with Crippen molar-refractivity contribution in [1.29, 1.82) is 0 Å². The minimum atomic E-state index is -0.513. The fourth-order valence-corrected chi connectivity index (χ4v) is 2.09. The first-order valence-electron chi connectivity index (χ1n) is 7.82. The van der Waals surface area contributed by atoms with Crippen LogP contribution < -0.4 is 20.1 Å². The van der Waals surface area contributed by atoms with Gasteiger partial charge in [0.1, 0.15) is 11.5 Å². The Balaban J connectivity index is 1.92. The van der Waals surface area contributed by atoms with Crippen molar-refractivity contribution < 1.29 is 19.1 Å². The van der Waals surface area contributed by atoms with Crippen molar-refractivity contribution in [2.75, 3.05) is 13.7 Å². The van der Waals surface area contributed by atoms with Gasteiger partial charge < -0.3 is 14.8 Å². The molecule has 0 saturated heterocycles. The maximum absolute atomic E-state index is 11.7. The number of carbonyl (C=O) groups excluding carboxylic acids is 2. The van der Waals surface area contributed by atoms with Crippen LogP contribution in [-0.4, -0.2) is 31.7 Å². The van der Waals surface area contributed by atoms with Crippen LogP contribution in [0.1, 0.15) is 20.3 Å². The first-order chi connectivity index (χ1) is 11.5. The molecule has 0 saturated carbocycles. The highest BCUT2D eigenvalue weighted by Crippen LogP contribution is 2.24. The third-order valence-corrected chi connectivity index (χ3v) is 3.63. The molecule has 0 fully saturated rings. The number of amides is 3. The van der Waals surface area contributed by atoms with Crippen LogP contribution in [0.25, 0.3) is 10.8 Å². The number of imide groups is 1. The van der Waals surface area contributed by atoms with E-state index in [-0.39, 0.29) is 12.6 Å². The van der Waals surface area contributed by atoms with E-state index < -0.39 is 11.9 Å². The van der Waals surface area contributed by atoms with Gasteiger partial charge in [0.25, 0.3) is 5.91 Å². The number of rotatable bonds is 6. The molecule has 2 aromatic carbocycles. The quantitative estimate of drug-likeness (QED) is 0.854. The van der Waals surface area contributed by atoms with Crippen molar-refractivity contribution in [2.24, 2.45) is 0 Å². The number of fused-ring (bicyclic) bond motifs is 1. The molecular formula is C18H22N2O4. The highest BCUT2D eigenvalue weighted by molar-refractivity contribution is 5.95. The number of carbonyl (C=O) groups is 2. The summed E-state index contributed by atoms with van der Waals surface area (Å²) in [6, 6.07) is 10.7. The van der Waals surface area contributed by atoms with Crippen molar-refractivity contribution in [3.05, 3.63) is 36.4 Å². The summed E-state index contributed by atoms with van der Waals surface area (Å²) in [5, 5.41) is 6.88. The lowest BCUT2D eigenvalue weighted by atomic mass is 10.1. The Bertz CT molecular complexity index is 730. The van der Waals surface area contributed by atoms with E-state index in [1.165, 1.54) is 0 Å². The van der Waals surface area contributed by atoms with E-state index in [2.05, 4.69) is 10.6 Å². The van der Waals surface area contributed by atoms with E-state index >= 15 is 0 Å². The summed E-state index contributed by atoms with van der Waals surface area (Å²) in [4.78, 5) is 23.3. The average Bonchev–Trinajstić information content (AvgIpc) is 2.58. The number of urea groups is 1. The molecule has 0 aliphatic rings. The second kappa shape index (κ2) is 8.19. The average molecular weight is 330 g/mol. The predicted octanol–water partition coefficient (Wildman–Crippen LogP) is 2.85. The van der Waals surface area contributed by atoms with Gasteiger partial charge in [0.2, 0.25) is 0 Å². The maximum atomic E-state index is 11.7. The minimum Gasteiger partial charge on any atom is -0.497 e. The zero-order valence-corrected chi connectivity index (χ0v) is 14.1. The zero-order chi connectivity index (χ0) is 17.5.